The van der Waals surface area contributed by atoms with Crippen molar-refractivity contribution in [1.29, 1.82) is 0 Å². The quantitative estimate of drug-likeness (QED) is 0.757. The maximum absolute atomic E-state index is 6.06. The molecule has 0 aliphatic heterocycles. The normalized spacial score (nSPS) is 10.5. The van der Waals surface area contributed by atoms with Crippen LogP contribution in [0.2, 0.25) is 10.0 Å². The number of benzene rings is 1. The Bertz CT molecular complexity index is 345. The van der Waals surface area contributed by atoms with Crippen molar-refractivity contribution >= 4 is 35.6 Å². The van der Waals surface area contributed by atoms with Crippen LogP contribution in [0.4, 0.5) is 0 Å². The Morgan fingerprint density at radius 2 is 2.00 bits per heavy atom. The van der Waals surface area contributed by atoms with Crippen LogP contribution < -0.4 is 5.32 Å². The molecule has 0 amide bonds. The predicted octanol–water partition coefficient (Wildman–Crippen LogP) is 4.32. The van der Waals surface area contributed by atoms with Gasteiger partial charge in [-0.3, -0.25) is 0 Å². The van der Waals surface area contributed by atoms with Gasteiger partial charge in [0.2, 0.25) is 0 Å². The molecule has 1 aromatic carbocycles. The molecular weight excluding hydrogens is 293 g/mol. The predicted molar refractivity (Wildman–Crippen MR) is 81.1 cm³/mol. The Kier molecular flexibility index (Phi) is 9.88. The third-order valence-electron chi connectivity index (χ3n) is 2.28. The number of hydrogen-bond acceptors (Lipinski definition) is 2. The fourth-order valence-corrected chi connectivity index (χ4v) is 1.88. The zero-order valence-corrected chi connectivity index (χ0v) is 13.0. The molecule has 0 aliphatic rings. The van der Waals surface area contributed by atoms with Gasteiger partial charge < -0.3 is 10.1 Å². The molecule has 1 aromatic rings. The van der Waals surface area contributed by atoms with E-state index in [-0.39, 0.29) is 12.4 Å². The Hall–Kier alpha value is 0.01000. The lowest BCUT2D eigenvalue weighted by atomic mass is 10.2. The van der Waals surface area contributed by atoms with Crippen LogP contribution in [0.3, 0.4) is 0 Å². The summed E-state index contributed by atoms with van der Waals surface area (Å²) in [4.78, 5) is 0. The second kappa shape index (κ2) is 9.88. The summed E-state index contributed by atoms with van der Waals surface area (Å²) in [6.45, 7) is 6.56. The van der Waals surface area contributed by atoms with Gasteiger partial charge in [0, 0.05) is 23.2 Å². The number of nitrogens with one attached hydrogen (secondary N) is 1. The second-order valence-corrected chi connectivity index (χ2v) is 5.03. The Balaban J connectivity index is 0.00000289. The molecule has 2 nitrogen and oxygen atoms in total. The van der Waals surface area contributed by atoms with Crippen LogP contribution in [-0.2, 0) is 11.3 Å². The molecule has 1 rings (SSSR count). The highest BCUT2D eigenvalue weighted by atomic mass is 35.5. The van der Waals surface area contributed by atoms with Gasteiger partial charge in [-0.15, -0.1) is 12.4 Å². The topological polar surface area (TPSA) is 21.3 Å². The standard InChI is InChI=1S/C13H19Cl2NO.ClH/c1-10(2)17-7-3-6-16-9-11-4-5-12(14)8-13(11)15;/h4-5,8,10,16H,3,6-7,9H2,1-2H3;1H. The Morgan fingerprint density at radius 1 is 1.28 bits per heavy atom. The van der Waals surface area contributed by atoms with Gasteiger partial charge in [-0.1, -0.05) is 29.3 Å². The first-order valence-electron chi connectivity index (χ1n) is 5.86. The van der Waals surface area contributed by atoms with Crippen molar-refractivity contribution in [2.45, 2.75) is 32.9 Å². The number of hydrogen-bond donors (Lipinski definition) is 1. The van der Waals surface area contributed by atoms with Crippen LogP contribution in [0.25, 0.3) is 0 Å². The molecule has 0 atom stereocenters. The maximum atomic E-state index is 6.06. The fraction of sp³-hybridized carbons (Fsp3) is 0.538. The molecule has 1 N–H and O–H groups in total. The molecule has 0 aromatic heterocycles. The summed E-state index contributed by atoms with van der Waals surface area (Å²) >= 11 is 11.9. The van der Waals surface area contributed by atoms with Crippen LogP contribution in [0.15, 0.2) is 18.2 Å². The van der Waals surface area contributed by atoms with Crippen LogP contribution in [0.5, 0.6) is 0 Å². The first-order chi connectivity index (χ1) is 8.09. The average molecular weight is 313 g/mol. The van der Waals surface area contributed by atoms with E-state index in [2.05, 4.69) is 5.32 Å². The van der Waals surface area contributed by atoms with Crippen molar-refractivity contribution in [2.75, 3.05) is 13.2 Å². The summed E-state index contributed by atoms with van der Waals surface area (Å²) in [5.74, 6) is 0. The summed E-state index contributed by atoms with van der Waals surface area (Å²) in [5, 5.41) is 4.71. The van der Waals surface area contributed by atoms with Crippen molar-refractivity contribution in [3.8, 4) is 0 Å². The van der Waals surface area contributed by atoms with Gasteiger partial charge in [0.25, 0.3) is 0 Å². The largest absolute Gasteiger partial charge is 0.379 e. The zero-order valence-electron chi connectivity index (χ0n) is 10.7. The van der Waals surface area contributed by atoms with Crippen LogP contribution in [0.1, 0.15) is 25.8 Å². The van der Waals surface area contributed by atoms with E-state index in [1.54, 1.807) is 6.07 Å². The van der Waals surface area contributed by atoms with E-state index in [0.29, 0.717) is 16.1 Å². The van der Waals surface area contributed by atoms with Gasteiger partial charge in [-0.25, -0.2) is 0 Å². The molecule has 0 radical (unpaired) electrons. The van der Waals surface area contributed by atoms with Gasteiger partial charge in [-0.05, 0) is 44.5 Å². The van der Waals surface area contributed by atoms with Gasteiger partial charge >= 0.3 is 0 Å². The molecule has 0 bridgehead atoms. The highest BCUT2D eigenvalue weighted by Crippen LogP contribution is 2.20. The minimum Gasteiger partial charge on any atom is -0.379 e. The average Bonchev–Trinajstić information content (AvgIpc) is 2.25. The fourth-order valence-electron chi connectivity index (χ4n) is 1.40. The van der Waals surface area contributed by atoms with Gasteiger partial charge in [0.1, 0.15) is 0 Å². The van der Waals surface area contributed by atoms with Gasteiger partial charge in [-0.2, -0.15) is 0 Å². The first kappa shape index (κ1) is 18.0. The van der Waals surface area contributed by atoms with E-state index in [0.717, 1.165) is 31.7 Å². The van der Waals surface area contributed by atoms with Crippen molar-refractivity contribution in [1.82, 2.24) is 5.32 Å². The SMILES string of the molecule is CC(C)OCCCNCc1ccc(Cl)cc1Cl.Cl. The van der Waals surface area contributed by atoms with Crippen molar-refractivity contribution < 1.29 is 4.74 Å². The lowest BCUT2D eigenvalue weighted by Crippen LogP contribution is -2.17. The lowest BCUT2D eigenvalue weighted by Gasteiger charge is -2.09. The van der Waals surface area contributed by atoms with E-state index in [4.69, 9.17) is 27.9 Å². The van der Waals surface area contributed by atoms with Gasteiger partial charge in [0.15, 0.2) is 0 Å². The molecule has 0 saturated carbocycles. The van der Waals surface area contributed by atoms with E-state index in [1.807, 2.05) is 26.0 Å². The number of ether oxygens (including phenoxy) is 1. The molecular formula is C13H20Cl3NO. The van der Waals surface area contributed by atoms with Crippen LogP contribution in [0, 0.1) is 0 Å². The number of rotatable bonds is 7. The van der Waals surface area contributed by atoms with Crippen molar-refractivity contribution in [3.05, 3.63) is 33.8 Å². The molecule has 104 valence electrons. The smallest absolute Gasteiger partial charge is 0.0518 e. The summed E-state index contributed by atoms with van der Waals surface area (Å²) in [6, 6.07) is 5.57. The summed E-state index contributed by atoms with van der Waals surface area (Å²) in [5.41, 5.74) is 1.07. The van der Waals surface area contributed by atoms with E-state index in [1.165, 1.54) is 0 Å². The first-order valence-corrected chi connectivity index (χ1v) is 6.61. The highest BCUT2D eigenvalue weighted by molar-refractivity contribution is 6.35. The zero-order chi connectivity index (χ0) is 12.7. The third kappa shape index (κ3) is 7.45. The molecule has 0 aliphatic carbocycles. The van der Waals surface area contributed by atoms with Gasteiger partial charge in [0.05, 0.1) is 6.10 Å². The molecule has 0 heterocycles. The second-order valence-electron chi connectivity index (χ2n) is 4.19. The van der Waals surface area contributed by atoms with Crippen LogP contribution >= 0.6 is 35.6 Å². The maximum Gasteiger partial charge on any atom is 0.0518 e. The minimum atomic E-state index is 0. The van der Waals surface area contributed by atoms with E-state index >= 15 is 0 Å². The molecule has 0 spiro atoms. The van der Waals surface area contributed by atoms with Crippen molar-refractivity contribution in [3.63, 3.8) is 0 Å². The molecule has 18 heavy (non-hydrogen) atoms. The van der Waals surface area contributed by atoms with Crippen molar-refractivity contribution in [2.24, 2.45) is 0 Å². The Labute approximate surface area is 125 Å². The lowest BCUT2D eigenvalue weighted by molar-refractivity contribution is 0.0770. The molecule has 5 heteroatoms. The number of halogens is 3. The van der Waals surface area contributed by atoms with Crippen LogP contribution in [-0.4, -0.2) is 19.3 Å². The summed E-state index contributed by atoms with van der Waals surface area (Å²) in [7, 11) is 0. The monoisotopic (exact) mass is 311 g/mol. The van der Waals surface area contributed by atoms with E-state index < -0.39 is 0 Å². The van der Waals surface area contributed by atoms with E-state index in [9.17, 15) is 0 Å². The third-order valence-corrected chi connectivity index (χ3v) is 2.87. The molecule has 0 saturated heterocycles. The highest BCUT2D eigenvalue weighted by Gasteiger charge is 2.00. The summed E-state index contributed by atoms with van der Waals surface area (Å²) in [6.07, 6.45) is 1.31. The Morgan fingerprint density at radius 3 is 2.61 bits per heavy atom. The molecule has 0 fully saturated rings. The minimum absolute atomic E-state index is 0. The summed E-state index contributed by atoms with van der Waals surface area (Å²) < 4.78 is 5.45. The molecule has 0 unspecified atom stereocenters.